The van der Waals surface area contributed by atoms with Gasteiger partial charge < -0.3 is 15.5 Å². The van der Waals surface area contributed by atoms with Crippen molar-refractivity contribution in [2.45, 2.75) is 57.5 Å². The molecule has 0 spiro atoms. The van der Waals surface area contributed by atoms with Gasteiger partial charge in [-0.1, -0.05) is 31.4 Å². The first kappa shape index (κ1) is 16.8. The van der Waals surface area contributed by atoms with Crippen LogP contribution >= 0.6 is 0 Å². The van der Waals surface area contributed by atoms with Gasteiger partial charge in [0, 0.05) is 31.2 Å². The van der Waals surface area contributed by atoms with Gasteiger partial charge in [-0.15, -0.1) is 0 Å². The SMILES string of the molecule is O=C(NCc1cccc(C(=O)N2CCCC2)c1)NC1CCCCC1. The predicted octanol–water partition coefficient (Wildman–Crippen LogP) is 3.05. The molecule has 2 aliphatic rings. The van der Waals surface area contributed by atoms with Crippen molar-refractivity contribution in [3.8, 4) is 0 Å². The van der Waals surface area contributed by atoms with Crippen LogP contribution in [0.4, 0.5) is 4.79 Å². The molecule has 24 heavy (non-hydrogen) atoms. The van der Waals surface area contributed by atoms with Crippen molar-refractivity contribution in [3.05, 3.63) is 35.4 Å². The fourth-order valence-corrected chi connectivity index (χ4v) is 3.58. The number of carbonyl (C=O) groups is 2. The van der Waals surface area contributed by atoms with E-state index in [4.69, 9.17) is 0 Å². The molecule has 1 aromatic rings. The van der Waals surface area contributed by atoms with Gasteiger partial charge in [-0.25, -0.2) is 4.79 Å². The zero-order chi connectivity index (χ0) is 16.8. The fourth-order valence-electron chi connectivity index (χ4n) is 3.58. The Balaban J connectivity index is 1.50. The molecule has 2 fully saturated rings. The number of hydrogen-bond acceptors (Lipinski definition) is 2. The number of amides is 3. The van der Waals surface area contributed by atoms with Gasteiger partial charge in [-0.2, -0.15) is 0 Å². The van der Waals surface area contributed by atoms with E-state index in [2.05, 4.69) is 10.6 Å². The van der Waals surface area contributed by atoms with Gasteiger partial charge in [-0.3, -0.25) is 4.79 Å². The Morgan fingerprint density at radius 1 is 1.04 bits per heavy atom. The number of nitrogens with one attached hydrogen (secondary N) is 2. The quantitative estimate of drug-likeness (QED) is 0.892. The van der Waals surface area contributed by atoms with E-state index in [1.54, 1.807) is 0 Å². The number of urea groups is 1. The lowest BCUT2D eigenvalue weighted by Gasteiger charge is -2.22. The molecule has 0 aromatic heterocycles. The first-order chi connectivity index (χ1) is 11.7. The minimum Gasteiger partial charge on any atom is -0.339 e. The molecule has 1 saturated carbocycles. The number of hydrogen-bond donors (Lipinski definition) is 2. The van der Waals surface area contributed by atoms with Gasteiger partial charge in [0.15, 0.2) is 0 Å². The third-order valence-corrected chi connectivity index (χ3v) is 4.96. The van der Waals surface area contributed by atoms with E-state index in [-0.39, 0.29) is 11.9 Å². The summed E-state index contributed by atoms with van der Waals surface area (Å²) in [5.41, 5.74) is 1.67. The van der Waals surface area contributed by atoms with Crippen LogP contribution in [0.15, 0.2) is 24.3 Å². The number of nitrogens with zero attached hydrogens (tertiary/aromatic N) is 1. The molecule has 0 bridgehead atoms. The number of likely N-dealkylation sites (tertiary alicyclic amines) is 1. The maximum Gasteiger partial charge on any atom is 0.315 e. The van der Waals surface area contributed by atoms with Crippen LogP contribution in [0.5, 0.6) is 0 Å². The number of benzene rings is 1. The minimum atomic E-state index is -0.113. The van der Waals surface area contributed by atoms with E-state index in [1.807, 2.05) is 29.2 Å². The summed E-state index contributed by atoms with van der Waals surface area (Å²) in [4.78, 5) is 26.3. The first-order valence-corrected chi connectivity index (χ1v) is 9.15. The average Bonchev–Trinajstić information content (AvgIpc) is 3.15. The Labute approximate surface area is 143 Å². The molecule has 1 aromatic carbocycles. The fraction of sp³-hybridized carbons (Fsp3) is 0.579. The summed E-state index contributed by atoms with van der Waals surface area (Å²) in [6.07, 6.45) is 8.01. The molecule has 0 unspecified atom stereocenters. The molecule has 1 aliphatic heterocycles. The highest BCUT2D eigenvalue weighted by molar-refractivity contribution is 5.94. The Morgan fingerprint density at radius 2 is 1.79 bits per heavy atom. The van der Waals surface area contributed by atoms with Gasteiger partial charge in [0.05, 0.1) is 0 Å². The first-order valence-electron chi connectivity index (χ1n) is 9.15. The monoisotopic (exact) mass is 329 g/mol. The van der Waals surface area contributed by atoms with Crippen molar-refractivity contribution in [2.75, 3.05) is 13.1 Å². The summed E-state index contributed by atoms with van der Waals surface area (Å²) < 4.78 is 0. The van der Waals surface area contributed by atoms with Crippen LogP contribution in [0.3, 0.4) is 0 Å². The molecule has 5 nitrogen and oxygen atoms in total. The lowest BCUT2D eigenvalue weighted by atomic mass is 9.96. The van der Waals surface area contributed by atoms with Crippen LogP contribution < -0.4 is 10.6 Å². The average molecular weight is 329 g/mol. The molecular formula is C19H27N3O2. The summed E-state index contributed by atoms with van der Waals surface area (Å²) in [5.74, 6) is 0.0982. The Bertz CT molecular complexity index is 576. The highest BCUT2D eigenvalue weighted by atomic mass is 16.2. The molecule has 130 valence electrons. The molecule has 3 rings (SSSR count). The third-order valence-electron chi connectivity index (χ3n) is 4.96. The van der Waals surface area contributed by atoms with Gasteiger partial charge in [0.1, 0.15) is 0 Å². The second kappa shape index (κ2) is 8.18. The smallest absolute Gasteiger partial charge is 0.315 e. The summed E-state index contributed by atoms with van der Waals surface area (Å²) in [5, 5.41) is 5.95. The van der Waals surface area contributed by atoms with E-state index in [0.717, 1.165) is 44.3 Å². The van der Waals surface area contributed by atoms with Gasteiger partial charge >= 0.3 is 6.03 Å². The highest BCUT2D eigenvalue weighted by Gasteiger charge is 2.19. The van der Waals surface area contributed by atoms with Crippen LogP contribution in [0.1, 0.15) is 60.9 Å². The van der Waals surface area contributed by atoms with E-state index in [1.165, 1.54) is 19.3 Å². The van der Waals surface area contributed by atoms with Crippen molar-refractivity contribution in [1.29, 1.82) is 0 Å². The largest absolute Gasteiger partial charge is 0.339 e. The Hall–Kier alpha value is -2.04. The summed E-state index contributed by atoms with van der Waals surface area (Å²) in [6.45, 7) is 2.15. The zero-order valence-electron chi connectivity index (χ0n) is 14.2. The minimum absolute atomic E-state index is 0.0982. The van der Waals surface area contributed by atoms with Crippen molar-refractivity contribution in [1.82, 2.24) is 15.5 Å². The standard InChI is InChI=1S/C19H27N3O2/c23-18(22-11-4-5-12-22)16-8-6-7-15(13-16)14-20-19(24)21-17-9-2-1-3-10-17/h6-8,13,17H,1-5,9-12,14H2,(H2,20,21,24). The van der Waals surface area contributed by atoms with Crippen LogP contribution in [0.2, 0.25) is 0 Å². The summed E-state index contributed by atoms with van der Waals surface area (Å²) >= 11 is 0. The van der Waals surface area contributed by atoms with Gasteiger partial charge in [0.25, 0.3) is 5.91 Å². The lowest BCUT2D eigenvalue weighted by molar-refractivity contribution is 0.0792. The normalized spacial score (nSPS) is 18.4. The molecule has 1 saturated heterocycles. The van der Waals surface area contributed by atoms with Gasteiger partial charge in [-0.05, 0) is 43.4 Å². The second-order valence-electron chi connectivity index (χ2n) is 6.86. The summed E-state index contributed by atoms with van der Waals surface area (Å²) in [7, 11) is 0. The molecule has 1 heterocycles. The van der Waals surface area contributed by atoms with Crippen molar-refractivity contribution in [3.63, 3.8) is 0 Å². The van der Waals surface area contributed by atoms with E-state index < -0.39 is 0 Å². The number of carbonyl (C=O) groups excluding carboxylic acids is 2. The predicted molar refractivity (Wildman–Crippen MR) is 93.8 cm³/mol. The molecule has 0 radical (unpaired) electrons. The van der Waals surface area contributed by atoms with Crippen LogP contribution in [0.25, 0.3) is 0 Å². The topological polar surface area (TPSA) is 61.4 Å². The Kier molecular flexibility index (Phi) is 5.72. The van der Waals surface area contributed by atoms with E-state index in [9.17, 15) is 9.59 Å². The molecule has 3 amide bonds. The van der Waals surface area contributed by atoms with Crippen molar-refractivity contribution in [2.24, 2.45) is 0 Å². The van der Waals surface area contributed by atoms with Crippen LogP contribution in [0, 0.1) is 0 Å². The number of rotatable bonds is 4. The molecule has 1 aliphatic carbocycles. The highest BCUT2D eigenvalue weighted by Crippen LogP contribution is 2.17. The molecule has 2 N–H and O–H groups in total. The van der Waals surface area contributed by atoms with E-state index in [0.29, 0.717) is 18.2 Å². The van der Waals surface area contributed by atoms with Crippen LogP contribution in [-0.4, -0.2) is 36.0 Å². The maximum absolute atomic E-state index is 12.4. The lowest BCUT2D eigenvalue weighted by Crippen LogP contribution is -2.42. The zero-order valence-corrected chi connectivity index (χ0v) is 14.2. The second-order valence-corrected chi connectivity index (χ2v) is 6.86. The van der Waals surface area contributed by atoms with E-state index >= 15 is 0 Å². The van der Waals surface area contributed by atoms with Crippen molar-refractivity contribution >= 4 is 11.9 Å². The molecular weight excluding hydrogens is 302 g/mol. The van der Waals surface area contributed by atoms with Crippen LogP contribution in [-0.2, 0) is 6.54 Å². The third kappa shape index (κ3) is 4.49. The summed E-state index contributed by atoms with van der Waals surface area (Å²) in [6, 6.07) is 7.77. The Morgan fingerprint density at radius 3 is 2.54 bits per heavy atom. The van der Waals surface area contributed by atoms with Crippen molar-refractivity contribution < 1.29 is 9.59 Å². The molecule has 0 atom stereocenters. The van der Waals surface area contributed by atoms with Gasteiger partial charge in [0.2, 0.25) is 0 Å². The maximum atomic E-state index is 12.4. The molecule has 5 heteroatoms.